The molecule has 2 aromatic rings. The first kappa shape index (κ1) is 24.0. The van der Waals surface area contributed by atoms with E-state index in [2.05, 4.69) is 21.3 Å². The van der Waals surface area contributed by atoms with Crippen LogP contribution < -0.4 is 21.3 Å². The van der Waals surface area contributed by atoms with Crippen LogP contribution in [0.3, 0.4) is 0 Å². The minimum Gasteiger partial charge on any atom is -0.507 e. The van der Waals surface area contributed by atoms with Gasteiger partial charge in [0.05, 0.1) is 24.3 Å². The fourth-order valence-corrected chi connectivity index (χ4v) is 4.35. The number of anilines is 2. The van der Waals surface area contributed by atoms with E-state index in [0.29, 0.717) is 56.1 Å². The molecule has 2 aromatic carbocycles. The Morgan fingerprint density at radius 1 is 0.647 bits per heavy atom. The smallest absolute Gasteiger partial charge is 0.200 e. The van der Waals surface area contributed by atoms with E-state index in [-0.39, 0.29) is 36.1 Å². The lowest BCUT2D eigenvalue weighted by molar-refractivity contribution is 0.103. The lowest BCUT2D eigenvalue weighted by atomic mass is 9.78. The lowest BCUT2D eigenvalue weighted by Gasteiger charge is -2.28. The van der Waals surface area contributed by atoms with Crippen molar-refractivity contribution in [3.63, 3.8) is 0 Å². The first-order chi connectivity index (χ1) is 16.6. The van der Waals surface area contributed by atoms with Gasteiger partial charge in [0, 0.05) is 61.8 Å². The maximum Gasteiger partial charge on any atom is 0.200 e. The molecule has 34 heavy (non-hydrogen) atoms. The fraction of sp³-hybridized carbons (Fsp3) is 0.400. The van der Waals surface area contributed by atoms with Crippen LogP contribution in [0.5, 0.6) is 11.5 Å². The minimum absolute atomic E-state index is 0.0247. The molecule has 1 fully saturated rings. The second-order valence-corrected chi connectivity index (χ2v) is 8.37. The van der Waals surface area contributed by atoms with Crippen LogP contribution >= 0.6 is 0 Å². The number of aliphatic hydroxyl groups excluding tert-OH is 2. The quantitative estimate of drug-likeness (QED) is 0.145. The van der Waals surface area contributed by atoms with Crippen molar-refractivity contribution in [1.82, 2.24) is 10.6 Å². The van der Waals surface area contributed by atoms with Gasteiger partial charge < -0.3 is 41.7 Å². The Hall–Kier alpha value is -3.11. The number of nitrogens with one attached hydrogen (secondary N) is 4. The van der Waals surface area contributed by atoms with Crippen molar-refractivity contribution >= 4 is 22.7 Å². The van der Waals surface area contributed by atoms with Crippen LogP contribution in [0.1, 0.15) is 39.9 Å². The zero-order valence-corrected chi connectivity index (χ0v) is 19.1. The lowest BCUT2D eigenvalue weighted by Crippen LogP contribution is -2.27. The third-order valence-corrected chi connectivity index (χ3v) is 5.99. The molecule has 0 aliphatic heterocycles. The van der Waals surface area contributed by atoms with Gasteiger partial charge in [0.1, 0.15) is 11.5 Å². The van der Waals surface area contributed by atoms with Crippen molar-refractivity contribution < 1.29 is 25.2 Å². The molecule has 0 aromatic heterocycles. The number of ketones is 1. The van der Waals surface area contributed by atoms with E-state index >= 15 is 0 Å². The van der Waals surface area contributed by atoms with Crippen molar-refractivity contribution in [2.45, 2.75) is 12.8 Å². The van der Waals surface area contributed by atoms with E-state index < -0.39 is 0 Å². The van der Waals surface area contributed by atoms with Crippen LogP contribution in [0, 0.1) is 0 Å². The second-order valence-electron chi connectivity index (χ2n) is 8.37. The average Bonchev–Trinajstić information content (AvgIpc) is 3.67. The van der Waals surface area contributed by atoms with Crippen molar-refractivity contribution in [2.24, 2.45) is 0 Å². The van der Waals surface area contributed by atoms with Gasteiger partial charge in [-0.2, -0.15) is 0 Å². The van der Waals surface area contributed by atoms with Crippen LogP contribution in [0.15, 0.2) is 29.8 Å². The summed E-state index contributed by atoms with van der Waals surface area (Å²) in [5.41, 5.74) is 5.12. The number of rotatable bonds is 12. The molecule has 1 saturated carbocycles. The van der Waals surface area contributed by atoms with Crippen molar-refractivity contribution in [1.29, 1.82) is 0 Å². The SMILES string of the molecule is O=C1c2c(O)ccc(O)c2C(=C2CC2)c2c(NCCNCCO)ccc(NCCNCCO)c21. The third-order valence-electron chi connectivity index (χ3n) is 5.99. The molecule has 0 spiro atoms. The van der Waals surface area contributed by atoms with Gasteiger partial charge in [0.15, 0.2) is 5.78 Å². The maximum absolute atomic E-state index is 13.7. The van der Waals surface area contributed by atoms with Crippen LogP contribution in [0.25, 0.3) is 5.57 Å². The Kier molecular flexibility index (Phi) is 7.69. The molecule has 0 unspecified atom stereocenters. The van der Waals surface area contributed by atoms with Crippen molar-refractivity contribution in [3.8, 4) is 11.5 Å². The fourth-order valence-electron chi connectivity index (χ4n) is 4.35. The van der Waals surface area contributed by atoms with Gasteiger partial charge >= 0.3 is 0 Å². The summed E-state index contributed by atoms with van der Waals surface area (Å²) in [5.74, 6) is -0.510. The zero-order valence-electron chi connectivity index (χ0n) is 19.1. The van der Waals surface area contributed by atoms with Gasteiger partial charge in [-0.25, -0.2) is 0 Å². The molecule has 2 aliphatic rings. The second kappa shape index (κ2) is 10.9. The Bertz CT molecular complexity index is 1090. The monoisotopic (exact) mass is 468 g/mol. The molecule has 0 radical (unpaired) electrons. The summed E-state index contributed by atoms with van der Waals surface area (Å²) >= 11 is 0. The molecule has 4 rings (SSSR count). The number of aliphatic hydroxyl groups is 2. The highest BCUT2D eigenvalue weighted by Crippen LogP contribution is 2.53. The molecule has 2 aliphatic carbocycles. The van der Waals surface area contributed by atoms with Gasteiger partial charge in [-0.3, -0.25) is 4.79 Å². The molecule has 8 N–H and O–H groups in total. The number of hydrogen-bond donors (Lipinski definition) is 8. The third kappa shape index (κ3) is 4.88. The van der Waals surface area contributed by atoms with Gasteiger partial charge in [-0.15, -0.1) is 0 Å². The van der Waals surface area contributed by atoms with Crippen LogP contribution in [0.4, 0.5) is 11.4 Å². The molecule has 0 bridgehead atoms. The predicted molar refractivity (Wildman–Crippen MR) is 132 cm³/mol. The molecular weight excluding hydrogens is 436 g/mol. The predicted octanol–water partition coefficient (Wildman–Crippen LogP) is 1.23. The number of allylic oxidation sites excluding steroid dienone is 1. The molecule has 9 heteroatoms. The number of carbonyl (C=O) groups excluding carboxylic acids is 1. The van der Waals surface area contributed by atoms with E-state index in [9.17, 15) is 15.0 Å². The number of fused-ring (bicyclic) bond motifs is 2. The summed E-state index contributed by atoms with van der Waals surface area (Å²) in [5, 5.41) is 52.2. The van der Waals surface area contributed by atoms with E-state index in [4.69, 9.17) is 10.2 Å². The highest BCUT2D eigenvalue weighted by atomic mass is 16.3. The largest absolute Gasteiger partial charge is 0.507 e. The topological polar surface area (TPSA) is 146 Å². The van der Waals surface area contributed by atoms with Gasteiger partial charge in [-0.05, 0) is 42.7 Å². The number of aromatic hydroxyl groups is 2. The van der Waals surface area contributed by atoms with Crippen LogP contribution in [-0.2, 0) is 0 Å². The Balaban J connectivity index is 1.76. The number of carbonyl (C=O) groups is 1. The Labute approximate surface area is 198 Å². The first-order valence-corrected chi connectivity index (χ1v) is 11.7. The summed E-state index contributed by atoms with van der Waals surface area (Å²) in [6.45, 7) is 3.47. The van der Waals surface area contributed by atoms with E-state index in [1.54, 1.807) is 0 Å². The summed E-state index contributed by atoms with van der Waals surface area (Å²) in [6.07, 6.45) is 1.75. The minimum atomic E-state index is -0.337. The van der Waals surface area contributed by atoms with Crippen molar-refractivity contribution in [2.75, 3.05) is 63.1 Å². The summed E-state index contributed by atoms with van der Waals surface area (Å²) in [4.78, 5) is 13.7. The van der Waals surface area contributed by atoms with Gasteiger partial charge in [0.2, 0.25) is 0 Å². The van der Waals surface area contributed by atoms with E-state index in [1.165, 1.54) is 12.1 Å². The maximum atomic E-state index is 13.7. The summed E-state index contributed by atoms with van der Waals surface area (Å²) < 4.78 is 0. The first-order valence-electron chi connectivity index (χ1n) is 11.7. The Morgan fingerprint density at radius 3 is 1.71 bits per heavy atom. The van der Waals surface area contributed by atoms with E-state index in [1.807, 2.05) is 12.1 Å². The number of hydrogen-bond acceptors (Lipinski definition) is 9. The summed E-state index contributed by atoms with van der Waals surface area (Å²) in [7, 11) is 0. The molecule has 0 heterocycles. The standard InChI is InChI=1S/C25H32N4O5/c30-13-11-26-7-9-28-16-3-4-17(29-10-8-27-12-14-31)22-21(16)20(15-1-2-15)23-18(32)5-6-19(33)24(23)25(22)34/h3-6,26-33H,1-2,7-14H2. The number of phenolic OH excluding ortho intramolecular Hbond substituents is 2. The number of benzene rings is 2. The molecule has 182 valence electrons. The van der Waals surface area contributed by atoms with Crippen LogP contribution in [0.2, 0.25) is 0 Å². The normalized spacial score (nSPS) is 14.1. The average molecular weight is 469 g/mol. The Morgan fingerprint density at radius 2 is 1.18 bits per heavy atom. The highest BCUT2D eigenvalue weighted by Gasteiger charge is 2.38. The van der Waals surface area contributed by atoms with Crippen molar-refractivity contribution in [3.05, 3.63) is 52.1 Å². The van der Waals surface area contributed by atoms with Gasteiger partial charge in [-0.1, -0.05) is 5.57 Å². The molecule has 0 atom stereocenters. The zero-order chi connectivity index (χ0) is 24.1. The number of phenols is 2. The highest BCUT2D eigenvalue weighted by molar-refractivity contribution is 6.25. The summed E-state index contributed by atoms with van der Waals surface area (Å²) in [6, 6.07) is 6.56. The molecule has 9 nitrogen and oxygen atoms in total. The van der Waals surface area contributed by atoms with Crippen LogP contribution in [-0.4, -0.2) is 78.7 Å². The molecule has 0 saturated heterocycles. The molecule has 0 amide bonds. The molecular formula is C25H32N4O5. The van der Waals surface area contributed by atoms with Gasteiger partial charge in [0.25, 0.3) is 0 Å². The van der Waals surface area contributed by atoms with E-state index in [0.717, 1.165) is 35.2 Å².